The Balaban J connectivity index is 1.26. The topological polar surface area (TPSA) is 48.5 Å². The molecule has 2 amide bonds. The molecule has 1 atom stereocenters. The van der Waals surface area contributed by atoms with Crippen LogP contribution in [0.4, 0.5) is 10.5 Å². The van der Waals surface area contributed by atoms with Gasteiger partial charge in [0.1, 0.15) is 5.01 Å². The van der Waals surface area contributed by atoms with Crippen LogP contribution in [0.2, 0.25) is 0 Å². The molecule has 0 bridgehead atoms. The highest BCUT2D eigenvalue weighted by molar-refractivity contribution is 7.09. The molecule has 6 heteroatoms. The van der Waals surface area contributed by atoms with Crippen molar-refractivity contribution in [3.63, 3.8) is 0 Å². The zero-order valence-corrected chi connectivity index (χ0v) is 17.0. The Morgan fingerprint density at radius 3 is 2.81 bits per heavy atom. The number of urea groups is 1. The fourth-order valence-electron chi connectivity index (χ4n) is 4.14. The number of carbonyl (C=O) groups is 1. The standard InChI is InChI=1S/C21H28N4OS/c1-15-14-27-20(22-15)16(2)23-21(26)24-10-7-17(8-11-24)13-25-12-9-18-5-3-4-6-19(18)25/h3-6,14,16-17H,7-13H2,1-2H3,(H,23,26)/t16-/m0/s1. The normalized spacial score (nSPS) is 18.4. The van der Waals surface area contributed by atoms with Gasteiger partial charge in [-0.05, 0) is 50.7 Å². The fraction of sp³-hybridized carbons (Fsp3) is 0.524. The SMILES string of the molecule is Cc1csc([C@H](C)NC(=O)N2CCC(CN3CCc4ccccc43)CC2)n1. The largest absolute Gasteiger partial charge is 0.371 e. The first-order valence-electron chi connectivity index (χ1n) is 9.90. The van der Waals surface area contributed by atoms with E-state index in [0.717, 1.165) is 56.1 Å². The van der Waals surface area contributed by atoms with E-state index in [9.17, 15) is 4.79 Å². The number of anilines is 1. The van der Waals surface area contributed by atoms with Crippen LogP contribution in [0.5, 0.6) is 0 Å². The maximum absolute atomic E-state index is 12.6. The number of fused-ring (bicyclic) bond motifs is 1. The van der Waals surface area contributed by atoms with E-state index in [0.29, 0.717) is 5.92 Å². The number of rotatable bonds is 4. The summed E-state index contributed by atoms with van der Waals surface area (Å²) in [4.78, 5) is 21.6. The number of carbonyl (C=O) groups excluding carboxylic acids is 1. The quantitative estimate of drug-likeness (QED) is 0.867. The maximum atomic E-state index is 12.6. The van der Waals surface area contributed by atoms with Gasteiger partial charge in [-0.3, -0.25) is 0 Å². The fourth-order valence-corrected chi connectivity index (χ4v) is 4.94. The van der Waals surface area contributed by atoms with Crippen molar-refractivity contribution >= 4 is 23.1 Å². The second kappa shape index (κ2) is 7.89. The lowest BCUT2D eigenvalue weighted by Gasteiger charge is -2.35. The summed E-state index contributed by atoms with van der Waals surface area (Å²) in [6.45, 7) is 7.92. The molecule has 144 valence electrons. The number of thiazole rings is 1. The minimum absolute atomic E-state index is 0.0324. The van der Waals surface area contributed by atoms with Gasteiger partial charge >= 0.3 is 6.03 Å². The molecule has 3 heterocycles. The van der Waals surface area contributed by atoms with Crippen molar-refractivity contribution in [2.24, 2.45) is 5.92 Å². The van der Waals surface area contributed by atoms with Crippen molar-refractivity contribution in [1.29, 1.82) is 0 Å². The lowest BCUT2D eigenvalue weighted by molar-refractivity contribution is 0.168. The average Bonchev–Trinajstić information content (AvgIpc) is 3.29. The third-order valence-electron chi connectivity index (χ3n) is 5.71. The smallest absolute Gasteiger partial charge is 0.317 e. The molecular weight excluding hydrogens is 356 g/mol. The van der Waals surface area contributed by atoms with E-state index in [1.165, 1.54) is 11.3 Å². The van der Waals surface area contributed by atoms with Crippen molar-refractivity contribution in [3.8, 4) is 0 Å². The van der Waals surface area contributed by atoms with Gasteiger partial charge in [0.25, 0.3) is 0 Å². The Kier molecular flexibility index (Phi) is 5.34. The van der Waals surface area contributed by atoms with Crippen molar-refractivity contribution in [3.05, 3.63) is 45.9 Å². The van der Waals surface area contributed by atoms with E-state index in [1.54, 1.807) is 11.3 Å². The number of piperidine rings is 1. The lowest BCUT2D eigenvalue weighted by Crippen LogP contribution is -2.46. The summed E-state index contributed by atoms with van der Waals surface area (Å²) in [6.07, 6.45) is 3.32. The van der Waals surface area contributed by atoms with Gasteiger partial charge in [-0.25, -0.2) is 9.78 Å². The van der Waals surface area contributed by atoms with Crippen molar-refractivity contribution in [2.75, 3.05) is 31.1 Å². The van der Waals surface area contributed by atoms with Gasteiger partial charge in [0.15, 0.2) is 0 Å². The molecule has 1 fully saturated rings. The van der Waals surface area contributed by atoms with Gasteiger partial charge in [0.2, 0.25) is 0 Å². The molecule has 2 aromatic rings. The summed E-state index contributed by atoms with van der Waals surface area (Å²) >= 11 is 1.61. The molecule has 1 aromatic heterocycles. The maximum Gasteiger partial charge on any atom is 0.317 e. The first-order valence-corrected chi connectivity index (χ1v) is 10.8. The van der Waals surface area contributed by atoms with Crippen molar-refractivity contribution in [2.45, 2.75) is 39.2 Å². The Labute approximate surface area is 165 Å². The van der Waals surface area contributed by atoms with Gasteiger partial charge < -0.3 is 15.1 Å². The number of nitrogens with zero attached hydrogens (tertiary/aromatic N) is 3. The van der Waals surface area contributed by atoms with Crippen molar-refractivity contribution in [1.82, 2.24) is 15.2 Å². The summed E-state index contributed by atoms with van der Waals surface area (Å²) in [6, 6.07) is 8.76. The average molecular weight is 385 g/mol. The number of aromatic nitrogens is 1. The van der Waals surface area contributed by atoms with Crippen LogP contribution in [0.3, 0.4) is 0 Å². The molecule has 27 heavy (non-hydrogen) atoms. The molecule has 0 saturated carbocycles. The second-order valence-corrected chi connectivity index (χ2v) is 8.64. The second-order valence-electron chi connectivity index (χ2n) is 7.75. The molecule has 0 aliphatic carbocycles. The first-order chi connectivity index (χ1) is 13.1. The molecule has 2 aliphatic heterocycles. The van der Waals surface area contributed by atoms with E-state index in [1.807, 2.05) is 24.1 Å². The molecule has 0 unspecified atom stereocenters. The number of benzene rings is 1. The molecule has 2 aliphatic rings. The highest BCUT2D eigenvalue weighted by atomic mass is 32.1. The molecule has 0 spiro atoms. The molecular formula is C21H28N4OS. The molecule has 0 radical (unpaired) electrons. The van der Waals surface area contributed by atoms with Gasteiger partial charge in [0, 0.05) is 42.9 Å². The van der Waals surface area contributed by atoms with Gasteiger partial charge in [-0.2, -0.15) is 0 Å². The predicted octanol–water partition coefficient (Wildman–Crippen LogP) is 4.00. The number of aryl methyl sites for hydroxylation is 1. The highest BCUT2D eigenvalue weighted by Crippen LogP contribution is 2.30. The first kappa shape index (κ1) is 18.3. The van der Waals surface area contributed by atoms with Crippen molar-refractivity contribution < 1.29 is 4.79 Å². The Bertz CT molecular complexity index is 797. The summed E-state index contributed by atoms with van der Waals surface area (Å²) < 4.78 is 0. The Morgan fingerprint density at radius 1 is 1.30 bits per heavy atom. The Hall–Kier alpha value is -2.08. The van der Waals surface area contributed by atoms with Crippen LogP contribution in [-0.2, 0) is 6.42 Å². The molecule has 5 nitrogen and oxygen atoms in total. The molecule has 4 rings (SSSR count). The van der Waals surface area contributed by atoms with Crippen LogP contribution in [0.25, 0.3) is 0 Å². The molecule has 1 aromatic carbocycles. The van der Waals surface area contributed by atoms with E-state index >= 15 is 0 Å². The third-order valence-corrected chi connectivity index (χ3v) is 6.86. The lowest BCUT2D eigenvalue weighted by atomic mass is 9.96. The molecule has 1 N–H and O–H groups in total. The third kappa shape index (κ3) is 4.10. The zero-order valence-electron chi connectivity index (χ0n) is 16.1. The number of hydrogen-bond acceptors (Lipinski definition) is 4. The highest BCUT2D eigenvalue weighted by Gasteiger charge is 2.27. The van der Waals surface area contributed by atoms with Crippen LogP contribution >= 0.6 is 11.3 Å². The monoisotopic (exact) mass is 384 g/mol. The summed E-state index contributed by atoms with van der Waals surface area (Å²) in [5.74, 6) is 0.666. The van der Waals surface area contributed by atoms with Crippen LogP contribution in [0.15, 0.2) is 29.6 Å². The van der Waals surface area contributed by atoms with E-state index < -0.39 is 0 Å². The number of nitrogens with one attached hydrogen (secondary N) is 1. The predicted molar refractivity (Wildman–Crippen MR) is 110 cm³/mol. The van der Waals surface area contributed by atoms with E-state index in [-0.39, 0.29) is 12.1 Å². The number of amides is 2. The van der Waals surface area contributed by atoms with Crippen LogP contribution < -0.4 is 10.2 Å². The van der Waals surface area contributed by atoms with E-state index in [2.05, 4.69) is 39.5 Å². The van der Waals surface area contributed by atoms with Crippen LogP contribution in [-0.4, -0.2) is 42.1 Å². The number of hydrogen-bond donors (Lipinski definition) is 1. The minimum atomic E-state index is -0.0324. The van der Waals surface area contributed by atoms with Gasteiger partial charge in [-0.1, -0.05) is 18.2 Å². The van der Waals surface area contributed by atoms with Gasteiger partial charge in [-0.15, -0.1) is 11.3 Å². The minimum Gasteiger partial charge on any atom is -0.371 e. The summed E-state index contributed by atoms with van der Waals surface area (Å²) in [5, 5.41) is 6.11. The number of likely N-dealkylation sites (tertiary alicyclic amines) is 1. The molecule has 1 saturated heterocycles. The van der Waals surface area contributed by atoms with Gasteiger partial charge in [0.05, 0.1) is 6.04 Å². The zero-order chi connectivity index (χ0) is 18.8. The van der Waals surface area contributed by atoms with Crippen LogP contribution in [0.1, 0.15) is 42.1 Å². The summed E-state index contributed by atoms with van der Waals surface area (Å²) in [7, 11) is 0. The summed E-state index contributed by atoms with van der Waals surface area (Å²) in [5.41, 5.74) is 3.89. The Morgan fingerprint density at radius 2 is 2.07 bits per heavy atom. The number of para-hydroxylation sites is 1. The van der Waals surface area contributed by atoms with Crippen LogP contribution in [0, 0.1) is 12.8 Å². The van der Waals surface area contributed by atoms with E-state index in [4.69, 9.17) is 0 Å².